The zero-order valence-electron chi connectivity index (χ0n) is 9.77. The number of alkyl halides is 1. The predicted molar refractivity (Wildman–Crippen MR) is 87.5 cm³/mol. The van der Waals surface area contributed by atoms with Crippen molar-refractivity contribution in [2.24, 2.45) is 0 Å². The number of thioether (sulfide) groups is 1. The molecule has 0 aliphatic carbocycles. The van der Waals surface area contributed by atoms with Gasteiger partial charge in [0, 0.05) is 15.3 Å². The molecule has 0 radical (unpaired) electrons. The van der Waals surface area contributed by atoms with Gasteiger partial charge in [-0.1, -0.05) is 52.3 Å². The summed E-state index contributed by atoms with van der Waals surface area (Å²) >= 11 is 8.60. The summed E-state index contributed by atoms with van der Waals surface area (Å²) in [5, 5.41) is 0.938. The van der Waals surface area contributed by atoms with Crippen LogP contribution in [0.25, 0.3) is 0 Å². The van der Waals surface area contributed by atoms with Crippen molar-refractivity contribution in [3.8, 4) is 0 Å². The normalized spacial score (nSPS) is 17.5. The molecule has 0 fully saturated rings. The van der Waals surface area contributed by atoms with Gasteiger partial charge in [-0.3, -0.25) is 0 Å². The molecule has 0 spiro atoms. The first-order chi connectivity index (χ1) is 7.92. The molecule has 0 N–H and O–H groups in total. The second-order valence-electron chi connectivity index (χ2n) is 3.79. The van der Waals surface area contributed by atoms with Crippen LogP contribution in [0.5, 0.6) is 0 Å². The van der Waals surface area contributed by atoms with Gasteiger partial charge in [0.25, 0.3) is 0 Å². The van der Waals surface area contributed by atoms with E-state index in [9.17, 15) is 4.57 Å². The minimum Gasteiger partial charge on any atom is -0.319 e. The summed E-state index contributed by atoms with van der Waals surface area (Å²) < 4.78 is 13.9. The third-order valence-electron chi connectivity index (χ3n) is 2.18. The van der Waals surface area contributed by atoms with Crippen molar-refractivity contribution < 1.29 is 4.57 Å². The van der Waals surface area contributed by atoms with Crippen molar-refractivity contribution in [1.29, 1.82) is 0 Å². The Labute approximate surface area is 124 Å². The van der Waals surface area contributed by atoms with E-state index in [0.717, 1.165) is 9.12 Å². The van der Waals surface area contributed by atoms with E-state index >= 15 is 0 Å². The molecule has 5 heteroatoms. The summed E-state index contributed by atoms with van der Waals surface area (Å²) in [5.74, 6) is 0. The molecule has 1 aromatic rings. The predicted octanol–water partition coefficient (Wildman–Crippen LogP) is 5.02. The van der Waals surface area contributed by atoms with E-state index in [1.807, 2.05) is 43.1 Å². The second-order valence-corrected chi connectivity index (χ2v) is 11.6. The molecule has 1 rings (SSSR count). The molecule has 0 aliphatic heterocycles. The maximum Gasteiger partial charge on any atom is 0.116 e. The van der Waals surface area contributed by atoms with Crippen molar-refractivity contribution in [1.82, 2.24) is 0 Å². The Morgan fingerprint density at radius 3 is 2.59 bits per heavy atom. The van der Waals surface area contributed by atoms with Crippen molar-refractivity contribution in [2.75, 3.05) is 12.8 Å². The molecule has 0 amide bonds. The van der Waals surface area contributed by atoms with E-state index in [1.54, 1.807) is 11.8 Å². The summed E-state index contributed by atoms with van der Waals surface area (Å²) in [5.41, 5.74) is 0. The Balaban J connectivity index is 2.71. The van der Waals surface area contributed by atoms with Gasteiger partial charge >= 0.3 is 0 Å². The standard InChI is InChI=1S/C12H15Br2OPS/c1-10(13)17-12(14)8-9-16(2,15)11-6-4-3-5-7-11/h3-8,10H,9H2,1-2H3/b12-8-. The molecular weight excluding hydrogens is 383 g/mol. The molecule has 0 saturated heterocycles. The molecule has 2 atom stereocenters. The fraction of sp³-hybridized carbons (Fsp3) is 0.333. The highest BCUT2D eigenvalue weighted by molar-refractivity contribution is 9.15. The maximum absolute atomic E-state index is 12.5. The largest absolute Gasteiger partial charge is 0.319 e. The SMILES string of the molecule is CC(Br)S/C(Br)=C\CP(C)(=O)c1ccccc1. The van der Waals surface area contributed by atoms with E-state index in [4.69, 9.17) is 0 Å². The molecule has 17 heavy (non-hydrogen) atoms. The highest BCUT2D eigenvalue weighted by Gasteiger charge is 2.16. The lowest BCUT2D eigenvalue weighted by Gasteiger charge is -2.11. The summed E-state index contributed by atoms with van der Waals surface area (Å²) in [6.45, 7) is 3.89. The first-order valence-electron chi connectivity index (χ1n) is 5.20. The van der Waals surface area contributed by atoms with E-state index < -0.39 is 7.14 Å². The van der Waals surface area contributed by atoms with Gasteiger partial charge in [0.2, 0.25) is 0 Å². The molecule has 0 heterocycles. The number of hydrogen-bond donors (Lipinski definition) is 0. The van der Waals surface area contributed by atoms with E-state index in [0.29, 0.717) is 10.3 Å². The van der Waals surface area contributed by atoms with Gasteiger partial charge in [-0.05, 0) is 29.5 Å². The van der Waals surface area contributed by atoms with E-state index in [1.165, 1.54) is 0 Å². The molecule has 0 saturated carbocycles. The molecule has 1 aromatic carbocycles. The monoisotopic (exact) mass is 396 g/mol. The van der Waals surface area contributed by atoms with Crippen LogP contribution >= 0.6 is 50.8 Å². The Kier molecular flexibility index (Phi) is 6.57. The fourth-order valence-corrected chi connectivity index (χ4v) is 6.07. The fourth-order valence-electron chi connectivity index (χ4n) is 1.30. The number of hydrogen-bond acceptors (Lipinski definition) is 2. The highest BCUT2D eigenvalue weighted by atomic mass is 79.9. The Morgan fingerprint density at radius 1 is 1.47 bits per heavy atom. The van der Waals surface area contributed by atoms with Crippen LogP contribution in [0.3, 0.4) is 0 Å². The second kappa shape index (κ2) is 7.18. The zero-order valence-corrected chi connectivity index (χ0v) is 14.7. The topological polar surface area (TPSA) is 17.1 Å². The molecule has 94 valence electrons. The lowest BCUT2D eigenvalue weighted by molar-refractivity contribution is 0.586. The van der Waals surface area contributed by atoms with Gasteiger partial charge in [0.05, 0.1) is 4.16 Å². The van der Waals surface area contributed by atoms with Crippen LogP contribution in [0.15, 0.2) is 40.2 Å². The smallest absolute Gasteiger partial charge is 0.116 e. The first kappa shape index (κ1) is 15.6. The quantitative estimate of drug-likeness (QED) is 0.512. The number of rotatable bonds is 5. The average molecular weight is 398 g/mol. The van der Waals surface area contributed by atoms with Crippen LogP contribution in [-0.4, -0.2) is 17.0 Å². The van der Waals surface area contributed by atoms with Crippen LogP contribution in [0.4, 0.5) is 0 Å². The molecule has 0 aromatic heterocycles. The van der Waals surface area contributed by atoms with Crippen LogP contribution in [-0.2, 0) is 4.57 Å². The summed E-state index contributed by atoms with van der Waals surface area (Å²) in [4.78, 5) is 0. The number of allylic oxidation sites excluding steroid dienone is 1. The Morgan fingerprint density at radius 2 is 2.06 bits per heavy atom. The van der Waals surface area contributed by atoms with E-state index in [2.05, 4.69) is 38.8 Å². The van der Waals surface area contributed by atoms with Crippen molar-refractivity contribution in [3.63, 3.8) is 0 Å². The summed E-state index contributed by atoms with van der Waals surface area (Å²) in [6, 6.07) is 9.67. The van der Waals surface area contributed by atoms with Crippen LogP contribution < -0.4 is 5.30 Å². The molecule has 2 unspecified atom stereocenters. The Bertz CT molecular complexity index is 431. The minimum atomic E-state index is -2.28. The van der Waals surface area contributed by atoms with Gasteiger partial charge in [-0.25, -0.2) is 0 Å². The molecule has 1 nitrogen and oxygen atoms in total. The number of halogens is 2. The maximum atomic E-state index is 12.5. The minimum absolute atomic E-state index is 0.348. The van der Waals surface area contributed by atoms with Crippen LogP contribution in [0, 0.1) is 0 Å². The first-order valence-corrected chi connectivity index (χ1v) is 10.1. The van der Waals surface area contributed by atoms with Crippen LogP contribution in [0.2, 0.25) is 0 Å². The lowest BCUT2D eigenvalue weighted by Crippen LogP contribution is -2.04. The molecule has 0 bridgehead atoms. The van der Waals surface area contributed by atoms with Gasteiger partial charge in [-0.2, -0.15) is 0 Å². The van der Waals surface area contributed by atoms with E-state index in [-0.39, 0.29) is 0 Å². The van der Waals surface area contributed by atoms with Gasteiger partial charge in [-0.15, -0.1) is 11.8 Å². The third-order valence-corrected chi connectivity index (χ3v) is 6.61. The van der Waals surface area contributed by atoms with Crippen molar-refractivity contribution in [2.45, 2.75) is 11.1 Å². The third kappa shape index (κ3) is 5.78. The molecule has 0 aliphatic rings. The summed E-state index contributed by atoms with van der Waals surface area (Å²) in [7, 11) is -2.28. The lowest BCUT2D eigenvalue weighted by atomic mass is 10.4. The number of benzene rings is 1. The average Bonchev–Trinajstić information content (AvgIpc) is 2.27. The van der Waals surface area contributed by atoms with Gasteiger partial charge in [0.15, 0.2) is 0 Å². The Hall–Kier alpha value is 0.500. The van der Waals surface area contributed by atoms with Crippen LogP contribution in [0.1, 0.15) is 6.92 Å². The van der Waals surface area contributed by atoms with Crippen molar-refractivity contribution >= 4 is 56.1 Å². The highest BCUT2D eigenvalue weighted by Crippen LogP contribution is 2.41. The van der Waals surface area contributed by atoms with Gasteiger partial charge in [0.1, 0.15) is 7.14 Å². The molecular formula is C12H15Br2OPS. The van der Waals surface area contributed by atoms with Gasteiger partial charge < -0.3 is 4.57 Å². The summed E-state index contributed by atoms with van der Waals surface area (Å²) in [6.07, 6.45) is 2.58. The van der Waals surface area contributed by atoms with Crippen molar-refractivity contribution in [3.05, 3.63) is 40.2 Å². The zero-order chi connectivity index (χ0) is 12.9.